The van der Waals surface area contributed by atoms with Gasteiger partial charge in [0.2, 0.25) is 5.91 Å². The average molecular weight is 235 g/mol. The van der Waals surface area contributed by atoms with Crippen LogP contribution in [0.5, 0.6) is 0 Å². The summed E-state index contributed by atoms with van der Waals surface area (Å²) in [5.74, 6) is 0.434. The van der Waals surface area contributed by atoms with Crippen molar-refractivity contribution in [3.63, 3.8) is 0 Å². The van der Waals surface area contributed by atoms with E-state index in [0.717, 1.165) is 5.56 Å². The van der Waals surface area contributed by atoms with Crippen LogP contribution in [0.1, 0.15) is 37.8 Å². The number of hydrogen-bond acceptors (Lipinski definition) is 2. The third kappa shape index (κ3) is 4.11. The number of rotatable bonds is 3. The maximum absolute atomic E-state index is 11.5. The van der Waals surface area contributed by atoms with E-state index in [2.05, 4.69) is 31.3 Å². The Morgan fingerprint density at radius 3 is 2.69 bits per heavy atom. The molecule has 1 rings (SSSR count). The molecule has 0 heterocycles. The maximum atomic E-state index is 11.5. The van der Waals surface area contributed by atoms with Gasteiger partial charge in [-0.3, -0.25) is 4.79 Å². The van der Waals surface area contributed by atoms with Crippen LogP contribution < -0.4 is 5.32 Å². The molecule has 0 aliphatic heterocycles. The topological polar surface area (TPSA) is 29.1 Å². The Morgan fingerprint density at radius 2 is 2.12 bits per heavy atom. The first kappa shape index (κ1) is 12.8. The van der Waals surface area contributed by atoms with E-state index in [0.29, 0.717) is 17.3 Å². The largest absolute Gasteiger partial charge is 0.320 e. The summed E-state index contributed by atoms with van der Waals surface area (Å²) in [6.07, 6.45) is 0.383. The Kier molecular flexibility index (Phi) is 4.62. The first-order chi connectivity index (χ1) is 7.49. The average Bonchev–Trinajstić information content (AvgIpc) is 2.16. The zero-order valence-corrected chi connectivity index (χ0v) is 10.7. The number of carbonyl (C=O) groups excluding carboxylic acids is 1. The van der Waals surface area contributed by atoms with Crippen molar-refractivity contribution in [2.24, 2.45) is 0 Å². The van der Waals surface area contributed by atoms with Crippen LogP contribution in [0, 0.1) is 0 Å². The fraction of sp³-hybridized carbons (Fsp3) is 0.385. The molecule has 16 heavy (non-hydrogen) atoms. The number of thiocarbonyl (C=S) groups is 1. The summed E-state index contributed by atoms with van der Waals surface area (Å²) in [6, 6.07) is 8.10. The molecular weight excluding hydrogens is 218 g/mol. The molecule has 0 unspecified atom stereocenters. The molecule has 0 atom stereocenters. The number of amides is 1. The Bertz CT molecular complexity index is 399. The molecule has 0 aliphatic rings. The van der Waals surface area contributed by atoms with Gasteiger partial charge in [0.15, 0.2) is 0 Å². The van der Waals surface area contributed by atoms with Gasteiger partial charge >= 0.3 is 0 Å². The Hall–Kier alpha value is -1.22. The minimum atomic E-state index is -0.0478. The highest BCUT2D eigenvalue weighted by Gasteiger charge is 2.05. The van der Waals surface area contributed by atoms with Gasteiger partial charge in [-0.25, -0.2) is 0 Å². The van der Waals surface area contributed by atoms with E-state index in [9.17, 15) is 4.79 Å². The van der Waals surface area contributed by atoms with E-state index in [1.807, 2.05) is 12.1 Å². The molecule has 0 saturated carbocycles. The lowest BCUT2D eigenvalue weighted by atomic mass is 10.00. The predicted octanol–water partition coefficient (Wildman–Crippen LogP) is 2.82. The Morgan fingerprint density at radius 1 is 1.44 bits per heavy atom. The van der Waals surface area contributed by atoms with Crippen molar-refractivity contribution in [3.8, 4) is 0 Å². The summed E-state index contributed by atoms with van der Waals surface area (Å²) in [6.45, 7) is 5.98. The van der Waals surface area contributed by atoms with E-state index in [1.165, 1.54) is 5.56 Å². The molecule has 86 valence electrons. The first-order valence-corrected chi connectivity index (χ1v) is 5.79. The molecule has 0 aliphatic carbocycles. The molecular formula is C13H17NOS. The van der Waals surface area contributed by atoms with Crippen molar-refractivity contribution in [1.29, 1.82) is 0 Å². The summed E-state index contributed by atoms with van der Waals surface area (Å²) < 4.78 is 0. The van der Waals surface area contributed by atoms with Crippen LogP contribution in [0.15, 0.2) is 24.3 Å². The second kappa shape index (κ2) is 5.75. The zero-order chi connectivity index (χ0) is 12.1. The van der Waals surface area contributed by atoms with Gasteiger partial charge in [-0.2, -0.15) is 0 Å². The van der Waals surface area contributed by atoms with Gasteiger partial charge in [0.05, 0.1) is 11.4 Å². The maximum Gasteiger partial charge on any atom is 0.229 e. The first-order valence-electron chi connectivity index (χ1n) is 5.38. The molecule has 1 aromatic rings. The van der Waals surface area contributed by atoms with Crippen molar-refractivity contribution >= 4 is 23.1 Å². The number of carbonyl (C=O) groups is 1. The van der Waals surface area contributed by atoms with Crippen molar-refractivity contribution in [2.75, 3.05) is 0 Å². The molecule has 3 heteroatoms. The minimum Gasteiger partial charge on any atom is -0.320 e. The summed E-state index contributed by atoms with van der Waals surface area (Å²) in [5, 5.41) is 2.63. The molecule has 0 spiro atoms. The van der Waals surface area contributed by atoms with Gasteiger partial charge in [-0.1, -0.05) is 50.3 Å². The van der Waals surface area contributed by atoms with Gasteiger partial charge < -0.3 is 5.32 Å². The van der Waals surface area contributed by atoms with E-state index in [1.54, 1.807) is 6.92 Å². The van der Waals surface area contributed by atoms with Crippen LogP contribution in [-0.4, -0.2) is 10.9 Å². The van der Waals surface area contributed by atoms with Crippen LogP contribution in [-0.2, 0) is 11.2 Å². The molecule has 1 amide bonds. The second-order valence-corrected chi connectivity index (χ2v) is 4.79. The van der Waals surface area contributed by atoms with Gasteiger partial charge in [0.25, 0.3) is 0 Å². The van der Waals surface area contributed by atoms with Crippen molar-refractivity contribution in [3.05, 3.63) is 35.4 Å². The van der Waals surface area contributed by atoms with E-state index in [-0.39, 0.29) is 5.91 Å². The van der Waals surface area contributed by atoms with Crippen molar-refractivity contribution < 1.29 is 4.79 Å². The summed E-state index contributed by atoms with van der Waals surface area (Å²) in [5.41, 5.74) is 2.28. The van der Waals surface area contributed by atoms with Crippen LogP contribution in [0.3, 0.4) is 0 Å². The van der Waals surface area contributed by atoms with Gasteiger partial charge in [-0.15, -0.1) is 0 Å². The van der Waals surface area contributed by atoms with Gasteiger partial charge in [0, 0.05) is 0 Å². The third-order valence-corrected chi connectivity index (χ3v) is 2.40. The highest BCUT2D eigenvalue weighted by molar-refractivity contribution is 7.80. The normalized spacial score (nSPS) is 10.2. The number of nitrogens with one attached hydrogen (secondary N) is 1. The summed E-state index contributed by atoms with van der Waals surface area (Å²) in [7, 11) is 0. The molecule has 0 fully saturated rings. The Labute approximate surface area is 102 Å². The third-order valence-electron chi connectivity index (χ3n) is 2.30. The molecule has 0 aromatic heterocycles. The van der Waals surface area contributed by atoms with Gasteiger partial charge in [0.1, 0.15) is 0 Å². The fourth-order valence-corrected chi connectivity index (χ4v) is 1.60. The number of benzene rings is 1. The monoisotopic (exact) mass is 235 g/mol. The van der Waals surface area contributed by atoms with E-state index < -0.39 is 0 Å². The molecule has 1 aromatic carbocycles. The lowest BCUT2D eigenvalue weighted by Crippen LogP contribution is -2.28. The molecule has 1 N–H and O–H groups in total. The minimum absolute atomic E-state index is 0.0478. The highest BCUT2D eigenvalue weighted by atomic mass is 32.1. The smallest absolute Gasteiger partial charge is 0.229 e. The molecule has 2 nitrogen and oxygen atoms in total. The Balaban J connectivity index is 2.70. The van der Waals surface area contributed by atoms with Gasteiger partial charge in [-0.05, 0) is 24.0 Å². The highest BCUT2D eigenvalue weighted by Crippen LogP contribution is 2.15. The number of hydrogen-bond donors (Lipinski definition) is 1. The van der Waals surface area contributed by atoms with Crippen LogP contribution in [0.4, 0.5) is 0 Å². The van der Waals surface area contributed by atoms with E-state index >= 15 is 0 Å². The SMILES string of the molecule is CC(=S)NC(=O)Cc1cccc(C(C)C)c1. The zero-order valence-electron chi connectivity index (χ0n) is 9.91. The lowest BCUT2D eigenvalue weighted by Gasteiger charge is -2.08. The quantitative estimate of drug-likeness (QED) is 0.816. The molecule has 0 saturated heterocycles. The second-order valence-electron chi connectivity index (χ2n) is 4.18. The molecule has 0 radical (unpaired) electrons. The fourth-order valence-electron chi connectivity index (χ4n) is 1.49. The van der Waals surface area contributed by atoms with Crippen LogP contribution in [0.2, 0.25) is 0 Å². The van der Waals surface area contributed by atoms with E-state index in [4.69, 9.17) is 12.2 Å². The lowest BCUT2D eigenvalue weighted by molar-refractivity contribution is -0.119. The van der Waals surface area contributed by atoms with Crippen molar-refractivity contribution in [2.45, 2.75) is 33.1 Å². The molecule has 0 bridgehead atoms. The van der Waals surface area contributed by atoms with Crippen LogP contribution in [0.25, 0.3) is 0 Å². The predicted molar refractivity (Wildman–Crippen MR) is 70.6 cm³/mol. The van der Waals surface area contributed by atoms with Crippen LogP contribution >= 0.6 is 12.2 Å². The van der Waals surface area contributed by atoms with Crippen molar-refractivity contribution in [1.82, 2.24) is 5.32 Å². The summed E-state index contributed by atoms with van der Waals surface area (Å²) in [4.78, 5) is 12.0. The summed E-state index contributed by atoms with van der Waals surface area (Å²) >= 11 is 4.82. The standard InChI is InChI=1S/C13H17NOS/c1-9(2)12-6-4-5-11(7-12)8-13(15)14-10(3)16/h4-7,9H,8H2,1-3H3,(H,14,15,16).